The van der Waals surface area contributed by atoms with Crippen molar-refractivity contribution in [1.29, 1.82) is 0 Å². The van der Waals surface area contributed by atoms with Crippen LogP contribution >= 0.6 is 0 Å². The highest BCUT2D eigenvalue weighted by atomic mass is 32.2. The van der Waals surface area contributed by atoms with Gasteiger partial charge in [0.05, 0.1) is 9.82 Å². The minimum absolute atomic E-state index is 0.165. The molecule has 1 N–H and O–H groups in total. The quantitative estimate of drug-likeness (QED) is 0.558. The Hall–Kier alpha value is -2.98. The van der Waals surface area contributed by atoms with Gasteiger partial charge in [-0.25, -0.2) is 8.42 Å². The number of ether oxygens (including phenoxy) is 1. The highest BCUT2D eigenvalue weighted by Crippen LogP contribution is 2.31. The molecule has 1 aliphatic heterocycles. The van der Waals surface area contributed by atoms with Crippen molar-refractivity contribution in [2.24, 2.45) is 0 Å². The van der Waals surface area contributed by atoms with Gasteiger partial charge >= 0.3 is 5.69 Å². The summed E-state index contributed by atoms with van der Waals surface area (Å²) in [6.07, 6.45) is 1.53. The van der Waals surface area contributed by atoms with E-state index in [1.165, 1.54) is 16.4 Å². The average Bonchev–Trinajstić information content (AvgIpc) is 3.22. The second kappa shape index (κ2) is 8.36. The largest absolute Gasteiger partial charge is 0.477 e. The van der Waals surface area contributed by atoms with E-state index in [1.54, 1.807) is 30.3 Å². The third kappa shape index (κ3) is 4.46. The van der Waals surface area contributed by atoms with Gasteiger partial charge in [-0.3, -0.25) is 14.9 Å². The van der Waals surface area contributed by atoms with Crippen LogP contribution in [0, 0.1) is 10.1 Å². The van der Waals surface area contributed by atoms with Gasteiger partial charge in [0.2, 0.25) is 10.0 Å². The number of nitro benzene ring substituents is 1. The first-order valence-corrected chi connectivity index (χ1v) is 10.1. The Morgan fingerprint density at radius 2 is 1.82 bits per heavy atom. The van der Waals surface area contributed by atoms with Crippen LogP contribution in [-0.4, -0.2) is 43.2 Å². The number of carbonyl (C=O) groups is 1. The molecule has 3 rings (SSSR count). The molecule has 1 fully saturated rings. The van der Waals surface area contributed by atoms with Crippen LogP contribution in [0.3, 0.4) is 0 Å². The van der Waals surface area contributed by atoms with Gasteiger partial charge in [0.25, 0.3) is 5.91 Å². The fourth-order valence-corrected chi connectivity index (χ4v) is 4.40. The normalized spacial score (nSPS) is 14.6. The molecule has 1 saturated heterocycles. The number of benzene rings is 2. The maximum Gasteiger partial charge on any atom is 0.312 e. The monoisotopic (exact) mass is 405 g/mol. The Balaban J connectivity index is 1.74. The SMILES string of the molecule is O=C(COc1ccc(S(=O)(=O)N2CCCC2)cc1[N+](=O)[O-])Nc1ccccc1. The smallest absolute Gasteiger partial charge is 0.312 e. The van der Waals surface area contributed by atoms with Crippen molar-refractivity contribution in [1.82, 2.24) is 4.31 Å². The number of nitrogens with one attached hydrogen (secondary N) is 1. The van der Waals surface area contributed by atoms with Crippen LogP contribution in [0.15, 0.2) is 53.4 Å². The van der Waals surface area contributed by atoms with Gasteiger partial charge in [-0.2, -0.15) is 4.31 Å². The molecule has 148 valence electrons. The van der Waals surface area contributed by atoms with Crippen molar-refractivity contribution >= 4 is 27.3 Å². The summed E-state index contributed by atoms with van der Waals surface area (Å²) in [5.41, 5.74) is 0.0606. The lowest BCUT2D eigenvalue weighted by molar-refractivity contribution is -0.386. The fourth-order valence-electron chi connectivity index (χ4n) is 2.86. The first-order chi connectivity index (χ1) is 13.4. The van der Waals surface area contributed by atoms with Gasteiger partial charge in [0.15, 0.2) is 12.4 Å². The van der Waals surface area contributed by atoms with E-state index in [1.807, 2.05) is 0 Å². The molecule has 10 heteroatoms. The Bertz CT molecular complexity index is 972. The number of nitro groups is 1. The lowest BCUT2D eigenvalue weighted by Crippen LogP contribution is -2.28. The van der Waals surface area contributed by atoms with Crippen molar-refractivity contribution in [3.63, 3.8) is 0 Å². The molecule has 2 aromatic rings. The van der Waals surface area contributed by atoms with Crippen molar-refractivity contribution < 1.29 is 22.9 Å². The number of anilines is 1. The van der Waals surface area contributed by atoms with Crippen LogP contribution in [0.2, 0.25) is 0 Å². The van der Waals surface area contributed by atoms with Gasteiger partial charge in [0.1, 0.15) is 0 Å². The minimum atomic E-state index is -3.79. The maximum absolute atomic E-state index is 12.6. The molecule has 1 heterocycles. The predicted molar refractivity (Wildman–Crippen MR) is 102 cm³/mol. The second-order valence-corrected chi connectivity index (χ2v) is 8.14. The van der Waals surface area contributed by atoms with E-state index < -0.39 is 33.1 Å². The number of hydrogen-bond donors (Lipinski definition) is 1. The highest BCUT2D eigenvalue weighted by molar-refractivity contribution is 7.89. The minimum Gasteiger partial charge on any atom is -0.477 e. The van der Waals surface area contributed by atoms with E-state index >= 15 is 0 Å². The molecule has 0 saturated carbocycles. The van der Waals surface area contributed by atoms with Crippen LogP contribution in [-0.2, 0) is 14.8 Å². The van der Waals surface area contributed by atoms with Crippen molar-refractivity contribution in [3.05, 3.63) is 58.6 Å². The number of amides is 1. The summed E-state index contributed by atoms with van der Waals surface area (Å²) in [5.74, 6) is -0.664. The predicted octanol–water partition coefficient (Wildman–Crippen LogP) is 2.40. The Morgan fingerprint density at radius 3 is 2.46 bits per heavy atom. The van der Waals surface area contributed by atoms with E-state index in [4.69, 9.17) is 4.74 Å². The summed E-state index contributed by atoms with van der Waals surface area (Å²) >= 11 is 0. The summed E-state index contributed by atoms with van der Waals surface area (Å²) in [4.78, 5) is 22.4. The second-order valence-electron chi connectivity index (χ2n) is 6.20. The Morgan fingerprint density at radius 1 is 1.14 bits per heavy atom. The summed E-state index contributed by atoms with van der Waals surface area (Å²) < 4.78 is 31.7. The third-order valence-electron chi connectivity index (χ3n) is 4.25. The standard InChI is InChI=1S/C18H19N3O6S/c22-18(19-14-6-2-1-3-7-14)13-27-17-9-8-15(12-16(17)21(23)24)28(25,26)20-10-4-5-11-20/h1-3,6-9,12H,4-5,10-11,13H2,(H,19,22). The lowest BCUT2D eigenvalue weighted by atomic mass is 10.3. The van der Waals surface area contributed by atoms with Gasteiger partial charge in [0, 0.05) is 24.8 Å². The average molecular weight is 405 g/mol. The van der Waals surface area contributed by atoms with Crippen LogP contribution in [0.5, 0.6) is 5.75 Å². The van der Waals surface area contributed by atoms with Gasteiger partial charge < -0.3 is 10.1 Å². The molecule has 1 amide bonds. The van der Waals surface area contributed by atoms with E-state index in [-0.39, 0.29) is 10.6 Å². The zero-order chi connectivity index (χ0) is 20.1. The molecule has 0 aliphatic carbocycles. The van der Waals surface area contributed by atoms with Crippen molar-refractivity contribution in [2.75, 3.05) is 25.0 Å². The first kappa shape index (κ1) is 19.8. The molecule has 0 bridgehead atoms. The summed E-state index contributed by atoms with van der Waals surface area (Å²) in [6.45, 7) is 0.343. The molecule has 0 aromatic heterocycles. The van der Waals surface area contributed by atoms with E-state index in [0.29, 0.717) is 18.8 Å². The maximum atomic E-state index is 12.6. The Labute approximate surface area is 162 Å². The van der Waals surface area contributed by atoms with E-state index in [0.717, 1.165) is 18.9 Å². The number of rotatable bonds is 7. The summed E-state index contributed by atoms with van der Waals surface area (Å²) in [5, 5.41) is 14.0. The zero-order valence-electron chi connectivity index (χ0n) is 14.9. The van der Waals surface area contributed by atoms with Gasteiger partial charge in [-0.1, -0.05) is 18.2 Å². The number of carbonyl (C=O) groups excluding carboxylic acids is 1. The van der Waals surface area contributed by atoms with Gasteiger partial charge in [-0.15, -0.1) is 0 Å². The highest BCUT2D eigenvalue weighted by Gasteiger charge is 2.30. The zero-order valence-corrected chi connectivity index (χ0v) is 15.7. The molecule has 0 radical (unpaired) electrons. The topological polar surface area (TPSA) is 119 Å². The molecular formula is C18H19N3O6S. The number of para-hydroxylation sites is 1. The van der Waals surface area contributed by atoms with Crippen LogP contribution < -0.4 is 10.1 Å². The van der Waals surface area contributed by atoms with Crippen LogP contribution in [0.25, 0.3) is 0 Å². The molecule has 0 spiro atoms. The number of hydrogen-bond acceptors (Lipinski definition) is 6. The van der Waals surface area contributed by atoms with Gasteiger partial charge in [-0.05, 0) is 37.1 Å². The molecule has 0 unspecified atom stereocenters. The number of sulfonamides is 1. The third-order valence-corrected chi connectivity index (χ3v) is 6.14. The molecule has 0 atom stereocenters. The fraction of sp³-hybridized carbons (Fsp3) is 0.278. The van der Waals surface area contributed by atoms with Crippen LogP contribution in [0.4, 0.5) is 11.4 Å². The molecule has 1 aliphatic rings. The molecule has 9 nitrogen and oxygen atoms in total. The van der Waals surface area contributed by atoms with Crippen molar-refractivity contribution in [3.8, 4) is 5.75 Å². The summed E-state index contributed by atoms with van der Waals surface area (Å²) in [7, 11) is -3.79. The van der Waals surface area contributed by atoms with Crippen LogP contribution in [0.1, 0.15) is 12.8 Å². The van der Waals surface area contributed by atoms with E-state index in [2.05, 4.69) is 5.32 Å². The number of nitrogens with zero attached hydrogens (tertiary/aromatic N) is 2. The van der Waals surface area contributed by atoms with E-state index in [9.17, 15) is 23.3 Å². The first-order valence-electron chi connectivity index (χ1n) is 8.64. The molecule has 28 heavy (non-hydrogen) atoms. The molecule has 2 aromatic carbocycles. The summed E-state index contributed by atoms with van der Waals surface area (Å²) in [6, 6.07) is 12.1. The lowest BCUT2D eigenvalue weighted by Gasteiger charge is -2.16. The molecular weight excluding hydrogens is 386 g/mol. The Kier molecular flexibility index (Phi) is 5.90. The van der Waals surface area contributed by atoms with Crippen molar-refractivity contribution in [2.45, 2.75) is 17.7 Å².